The summed E-state index contributed by atoms with van der Waals surface area (Å²) in [6.07, 6.45) is 0. The van der Waals surface area contributed by atoms with E-state index in [1.54, 1.807) is 6.07 Å². The van der Waals surface area contributed by atoms with E-state index in [0.717, 1.165) is 0 Å². The Kier molecular flexibility index (Phi) is 3.38. The van der Waals surface area contributed by atoms with Crippen LogP contribution in [0.3, 0.4) is 0 Å². The quantitative estimate of drug-likeness (QED) is 0.419. The first-order valence-corrected chi connectivity index (χ1v) is 4.36. The third-order valence-electron chi connectivity index (χ3n) is 1.58. The molecule has 72 valence electrons. The van der Waals surface area contributed by atoms with Gasteiger partial charge in [0.25, 0.3) is 0 Å². The Balaban J connectivity index is 3.13. The highest BCUT2D eigenvalue weighted by Gasteiger charge is 2.07. The van der Waals surface area contributed by atoms with Crippen LogP contribution in [0, 0.1) is 11.8 Å². The maximum atomic E-state index is 10.7. The van der Waals surface area contributed by atoms with E-state index >= 15 is 0 Å². The maximum absolute atomic E-state index is 10.7. The molecule has 0 saturated carbocycles. The SMILES string of the molecule is Nc1ccc(C#CCCl)cc1C(=O)O. The molecule has 0 aliphatic heterocycles. The lowest BCUT2D eigenvalue weighted by molar-refractivity contribution is 0.0698. The van der Waals surface area contributed by atoms with Crippen LogP contribution in [0.2, 0.25) is 0 Å². The number of rotatable bonds is 1. The Morgan fingerprint density at radius 1 is 1.57 bits per heavy atom. The second-order valence-corrected chi connectivity index (χ2v) is 2.81. The molecule has 0 aliphatic carbocycles. The molecular weight excluding hydrogens is 202 g/mol. The average Bonchev–Trinajstić information content (AvgIpc) is 2.16. The smallest absolute Gasteiger partial charge is 0.337 e. The van der Waals surface area contributed by atoms with Gasteiger partial charge in [-0.25, -0.2) is 4.79 Å². The van der Waals surface area contributed by atoms with Crippen LogP contribution in [0.1, 0.15) is 15.9 Å². The number of anilines is 1. The summed E-state index contributed by atoms with van der Waals surface area (Å²) in [6.45, 7) is 0. The molecule has 14 heavy (non-hydrogen) atoms. The lowest BCUT2D eigenvalue weighted by Crippen LogP contribution is -2.02. The molecule has 0 aliphatic rings. The number of carboxylic acid groups (broad SMARTS) is 1. The van der Waals surface area contributed by atoms with Crippen LogP contribution in [-0.4, -0.2) is 17.0 Å². The third kappa shape index (κ3) is 2.41. The lowest BCUT2D eigenvalue weighted by Gasteiger charge is -2.00. The highest BCUT2D eigenvalue weighted by atomic mass is 35.5. The second-order valence-electron chi connectivity index (χ2n) is 2.54. The van der Waals surface area contributed by atoms with Gasteiger partial charge in [-0.15, -0.1) is 11.6 Å². The summed E-state index contributed by atoms with van der Waals surface area (Å²) in [7, 11) is 0. The molecule has 4 heteroatoms. The van der Waals surface area contributed by atoms with Crippen LogP contribution in [0.4, 0.5) is 5.69 Å². The second kappa shape index (κ2) is 4.54. The van der Waals surface area contributed by atoms with Gasteiger partial charge in [-0.2, -0.15) is 0 Å². The molecule has 0 atom stereocenters. The summed E-state index contributed by atoms with van der Waals surface area (Å²) in [5, 5.41) is 8.76. The number of hydrogen-bond acceptors (Lipinski definition) is 2. The number of carbonyl (C=O) groups is 1. The van der Waals surface area contributed by atoms with Crippen molar-refractivity contribution in [2.45, 2.75) is 0 Å². The van der Waals surface area contributed by atoms with Crippen molar-refractivity contribution in [3.8, 4) is 11.8 Å². The molecule has 1 rings (SSSR count). The summed E-state index contributed by atoms with van der Waals surface area (Å²) >= 11 is 5.37. The van der Waals surface area contributed by atoms with E-state index in [2.05, 4.69) is 11.8 Å². The fraction of sp³-hybridized carbons (Fsp3) is 0.100. The van der Waals surface area contributed by atoms with Crippen LogP contribution in [0.5, 0.6) is 0 Å². The minimum atomic E-state index is -1.06. The first-order valence-electron chi connectivity index (χ1n) is 3.83. The van der Waals surface area contributed by atoms with E-state index in [1.807, 2.05) is 0 Å². The Hall–Kier alpha value is -1.66. The number of halogens is 1. The fourth-order valence-corrected chi connectivity index (χ4v) is 1.02. The number of nitrogens with two attached hydrogens (primary N) is 1. The van der Waals surface area contributed by atoms with Crippen molar-refractivity contribution >= 4 is 23.3 Å². The molecule has 0 saturated heterocycles. The Morgan fingerprint density at radius 2 is 2.29 bits per heavy atom. The molecule has 0 heterocycles. The molecule has 0 radical (unpaired) electrons. The minimum absolute atomic E-state index is 0.0615. The first kappa shape index (κ1) is 10.4. The van der Waals surface area contributed by atoms with E-state index < -0.39 is 5.97 Å². The number of hydrogen-bond donors (Lipinski definition) is 2. The number of aromatic carboxylic acids is 1. The molecule has 1 aromatic rings. The molecule has 0 aromatic heterocycles. The van der Waals surface area contributed by atoms with Crippen molar-refractivity contribution in [1.82, 2.24) is 0 Å². The van der Waals surface area contributed by atoms with Crippen LogP contribution < -0.4 is 5.73 Å². The summed E-state index contributed by atoms with van der Waals surface area (Å²) in [5.41, 5.74) is 6.35. The summed E-state index contributed by atoms with van der Waals surface area (Å²) < 4.78 is 0. The van der Waals surface area contributed by atoms with Gasteiger partial charge in [0.1, 0.15) is 0 Å². The van der Waals surface area contributed by atoms with Gasteiger partial charge in [0, 0.05) is 11.3 Å². The van der Waals surface area contributed by atoms with Gasteiger partial charge in [0.05, 0.1) is 11.4 Å². The van der Waals surface area contributed by atoms with Crippen LogP contribution in [-0.2, 0) is 0 Å². The molecule has 0 fully saturated rings. The van der Waals surface area contributed by atoms with Crippen molar-refractivity contribution in [2.24, 2.45) is 0 Å². The van der Waals surface area contributed by atoms with Crippen molar-refractivity contribution in [3.05, 3.63) is 29.3 Å². The predicted octanol–water partition coefficient (Wildman–Crippen LogP) is 1.56. The van der Waals surface area contributed by atoms with Crippen molar-refractivity contribution in [3.63, 3.8) is 0 Å². The van der Waals surface area contributed by atoms with Crippen molar-refractivity contribution < 1.29 is 9.90 Å². The minimum Gasteiger partial charge on any atom is -0.478 e. The standard InChI is InChI=1S/C10H8ClNO2/c11-5-1-2-7-3-4-9(12)8(6-7)10(13)14/h3-4,6H,5,12H2,(H,13,14). The van der Waals surface area contributed by atoms with Gasteiger partial charge in [0.15, 0.2) is 0 Å². The number of nitrogen functional groups attached to an aromatic ring is 1. The van der Waals surface area contributed by atoms with Gasteiger partial charge in [-0.05, 0) is 18.2 Å². The number of benzene rings is 1. The zero-order valence-electron chi connectivity index (χ0n) is 7.25. The van der Waals surface area contributed by atoms with Gasteiger partial charge >= 0.3 is 5.97 Å². The average molecular weight is 210 g/mol. The Labute approximate surface area is 86.5 Å². The molecule has 0 amide bonds. The summed E-state index contributed by atoms with van der Waals surface area (Å²) in [6, 6.07) is 4.60. The van der Waals surface area contributed by atoms with E-state index in [1.165, 1.54) is 12.1 Å². The van der Waals surface area contributed by atoms with Gasteiger partial charge < -0.3 is 10.8 Å². The van der Waals surface area contributed by atoms with Crippen molar-refractivity contribution in [2.75, 3.05) is 11.6 Å². The monoisotopic (exact) mass is 209 g/mol. The Bertz CT molecular complexity index is 418. The molecule has 3 nitrogen and oxygen atoms in total. The molecule has 3 N–H and O–H groups in total. The van der Waals surface area contributed by atoms with Crippen LogP contribution in [0.25, 0.3) is 0 Å². The molecule has 0 bridgehead atoms. The Morgan fingerprint density at radius 3 is 2.86 bits per heavy atom. The van der Waals surface area contributed by atoms with Crippen LogP contribution in [0.15, 0.2) is 18.2 Å². The molecular formula is C10H8ClNO2. The van der Waals surface area contributed by atoms with Gasteiger partial charge in [0.2, 0.25) is 0 Å². The zero-order chi connectivity index (χ0) is 10.6. The fourth-order valence-electron chi connectivity index (χ4n) is 0.955. The first-order chi connectivity index (χ1) is 6.65. The third-order valence-corrected chi connectivity index (χ3v) is 1.72. The van der Waals surface area contributed by atoms with E-state index in [4.69, 9.17) is 22.4 Å². The summed E-state index contributed by atoms with van der Waals surface area (Å²) in [5.74, 6) is 4.50. The van der Waals surface area contributed by atoms with Gasteiger partial charge in [-0.3, -0.25) is 0 Å². The van der Waals surface area contributed by atoms with Crippen molar-refractivity contribution in [1.29, 1.82) is 0 Å². The zero-order valence-corrected chi connectivity index (χ0v) is 8.01. The molecule has 0 spiro atoms. The summed E-state index contributed by atoms with van der Waals surface area (Å²) in [4.78, 5) is 10.7. The van der Waals surface area contributed by atoms with Crippen LogP contribution >= 0.6 is 11.6 Å². The number of alkyl halides is 1. The highest BCUT2D eigenvalue weighted by Crippen LogP contribution is 2.13. The molecule has 0 unspecified atom stereocenters. The number of carboxylic acids is 1. The normalized spacial score (nSPS) is 8.93. The van der Waals surface area contributed by atoms with Gasteiger partial charge in [-0.1, -0.05) is 11.8 Å². The topological polar surface area (TPSA) is 63.3 Å². The maximum Gasteiger partial charge on any atom is 0.337 e. The molecule has 1 aromatic carbocycles. The van der Waals surface area contributed by atoms with E-state index in [9.17, 15) is 4.79 Å². The predicted molar refractivity (Wildman–Crippen MR) is 55.4 cm³/mol. The largest absolute Gasteiger partial charge is 0.478 e. The van der Waals surface area contributed by atoms with E-state index in [-0.39, 0.29) is 17.1 Å². The lowest BCUT2D eigenvalue weighted by atomic mass is 10.1. The highest BCUT2D eigenvalue weighted by molar-refractivity contribution is 6.19. The van der Waals surface area contributed by atoms with E-state index in [0.29, 0.717) is 5.56 Å².